The van der Waals surface area contributed by atoms with Gasteiger partial charge in [0.15, 0.2) is 0 Å². The van der Waals surface area contributed by atoms with Crippen molar-refractivity contribution in [3.05, 3.63) is 89.0 Å². The average molecular weight is 504 g/mol. The van der Waals surface area contributed by atoms with Crippen LogP contribution in [0.1, 0.15) is 61.4 Å². The van der Waals surface area contributed by atoms with Gasteiger partial charge in [-0.05, 0) is 68.4 Å². The minimum atomic E-state index is -0.558. The van der Waals surface area contributed by atoms with Crippen molar-refractivity contribution in [3.63, 3.8) is 0 Å². The Morgan fingerprint density at radius 3 is 2.56 bits per heavy atom. The highest BCUT2D eigenvalue weighted by Crippen LogP contribution is 2.41. The Hall–Kier alpha value is -3.42. The van der Waals surface area contributed by atoms with Gasteiger partial charge in [0.1, 0.15) is 11.5 Å². The van der Waals surface area contributed by atoms with Crippen molar-refractivity contribution in [2.75, 3.05) is 10.6 Å². The van der Waals surface area contributed by atoms with Crippen LogP contribution in [-0.4, -0.2) is 25.4 Å². The van der Waals surface area contributed by atoms with Gasteiger partial charge in [-0.3, -0.25) is 4.79 Å². The predicted octanol–water partition coefficient (Wildman–Crippen LogP) is 5.96. The van der Waals surface area contributed by atoms with Crippen molar-refractivity contribution < 1.29 is 9.90 Å². The molecular formula is C28H30ClN5O2. The second kappa shape index (κ2) is 10.7. The molecule has 0 spiro atoms. The molecule has 3 heterocycles. The van der Waals surface area contributed by atoms with Crippen LogP contribution in [0.3, 0.4) is 0 Å². The van der Waals surface area contributed by atoms with Crippen molar-refractivity contribution in [3.8, 4) is 0 Å². The summed E-state index contributed by atoms with van der Waals surface area (Å²) in [6.07, 6.45) is 9.64. The van der Waals surface area contributed by atoms with Gasteiger partial charge in [0, 0.05) is 46.8 Å². The van der Waals surface area contributed by atoms with Crippen LogP contribution >= 0.6 is 11.6 Å². The molecule has 0 saturated heterocycles. The zero-order valence-corrected chi connectivity index (χ0v) is 20.9. The lowest BCUT2D eigenvalue weighted by Crippen LogP contribution is -2.14. The van der Waals surface area contributed by atoms with Gasteiger partial charge in [-0.2, -0.15) is 0 Å². The van der Waals surface area contributed by atoms with E-state index in [0.717, 1.165) is 40.5 Å². The predicted molar refractivity (Wildman–Crippen MR) is 142 cm³/mol. The zero-order valence-electron chi connectivity index (χ0n) is 20.2. The smallest absolute Gasteiger partial charge is 0.228 e. The molecule has 1 aromatic carbocycles. The number of hydrogen-bond donors (Lipinski definition) is 3. The highest BCUT2D eigenvalue weighted by molar-refractivity contribution is 6.30. The molecule has 186 valence electrons. The number of anilines is 2. The molecule has 6 rings (SSSR count). The summed E-state index contributed by atoms with van der Waals surface area (Å²) in [4.78, 5) is 20.9. The lowest BCUT2D eigenvalue weighted by Gasteiger charge is -2.09. The Balaban J connectivity index is 0.000000330. The first-order valence-electron chi connectivity index (χ1n) is 12.4. The Bertz CT molecular complexity index is 1350. The number of pyridine rings is 2. The number of imidazole rings is 1. The van der Waals surface area contributed by atoms with Crippen LogP contribution < -0.4 is 10.6 Å². The van der Waals surface area contributed by atoms with E-state index in [0.29, 0.717) is 18.3 Å². The number of halogens is 1. The summed E-state index contributed by atoms with van der Waals surface area (Å²) in [7, 11) is 0. The number of nitrogens with zero attached hydrogens (tertiary/aromatic N) is 3. The van der Waals surface area contributed by atoms with Gasteiger partial charge in [0.2, 0.25) is 5.91 Å². The number of carbonyl (C=O) groups excluding carboxylic acids is 1. The number of rotatable bonds is 7. The van der Waals surface area contributed by atoms with Crippen LogP contribution in [0.2, 0.25) is 5.02 Å². The third-order valence-corrected chi connectivity index (χ3v) is 6.57. The third kappa shape index (κ3) is 6.22. The molecule has 0 radical (unpaired) electrons. The SMILES string of the molecule is CC(O)c1cc(C2CC2)cn2cc(CNc3ccnc(NC(=O)C4CC4)c3)nc12.Clc1ccccc1. The highest BCUT2D eigenvalue weighted by Gasteiger charge is 2.29. The van der Waals surface area contributed by atoms with E-state index in [2.05, 4.69) is 27.9 Å². The number of aliphatic hydroxyl groups excluding tert-OH is 1. The van der Waals surface area contributed by atoms with E-state index in [9.17, 15) is 9.90 Å². The number of amides is 1. The molecular weight excluding hydrogens is 474 g/mol. The molecule has 36 heavy (non-hydrogen) atoms. The van der Waals surface area contributed by atoms with Gasteiger partial charge in [0.05, 0.1) is 18.3 Å². The van der Waals surface area contributed by atoms with Crippen LogP contribution in [0.15, 0.2) is 67.1 Å². The van der Waals surface area contributed by atoms with Crippen LogP contribution in [-0.2, 0) is 11.3 Å². The molecule has 4 aromatic rings. The third-order valence-electron chi connectivity index (χ3n) is 6.32. The van der Waals surface area contributed by atoms with Crippen LogP contribution in [0.4, 0.5) is 11.5 Å². The number of fused-ring (bicyclic) bond motifs is 1. The van der Waals surface area contributed by atoms with E-state index in [1.165, 1.54) is 18.4 Å². The van der Waals surface area contributed by atoms with Crippen molar-refractivity contribution >= 4 is 34.7 Å². The summed E-state index contributed by atoms with van der Waals surface area (Å²) < 4.78 is 2.03. The molecule has 0 bridgehead atoms. The number of nitrogens with one attached hydrogen (secondary N) is 2. The van der Waals surface area contributed by atoms with E-state index in [-0.39, 0.29) is 11.8 Å². The normalized spacial score (nSPS) is 15.6. The van der Waals surface area contributed by atoms with Gasteiger partial charge in [0.25, 0.3) is 0 Å². The lowest BCUT2D eigenvalue weighted by atomic mass is 10.1. The lowest BCUT2D eigenvalue weighted by molar-refractivity contribution is -0.117. The second-order valence-electron chi connectivity index (χ2n) is 9.48. The molecule has 2 aliphatic rings. The van der Waals surface area contributed by atoms with Gasteiger partial charge in [-0.1, -0.05) is 29.8 Å². The zero-order chi connectivity index (χ0) is 25.1. The number of aliphatic hydroxyl groups is 1. The van der Waals surface area contributed by atoms with E-state index < -0.39 is 6.10 Å². The number of carbonyl (C=O) groups is 1. The van der Waals surface area contributed by atoms with Crippen LogP contribution in [0, 0.1) is 5.92 Å². The summed E-state index contributed by atoms with van der Waals surface area (Å²) in [6, 6.07) is 15.2. The van der Waals surface area contributed by atoms with E-state index in [1.54, 1.807) is 13.1 Å². The van der Waals surface area contributed by atoms with Crippen molar-refractivity contribution in [2.24, 2.45) is 5.92 Å². The van der Waals surface area contributed by atoms with Gasteiger partial charge in [-0.15, -0.1) is 0 Å². The molecule has 0 aliphatic heterocycles. The minimum absolute atomic E-state index is 0.0483. The number of aromatic nitrogens is 3. The topological polar surface area (TPSA) is 91.5 Å². The molecule has 1 unspecified atom stereocenters. The summed E-state index contributed by atoms with van der Waals surface area (Å²) in [5, 5.41) is 17.2. The van der Waals surface area contributed by atoms with Gasteiger partial charge < -0.3 is 20.1 Å². The minimum Gasteiger partial charge on any atom is -0.389 e. The number of hydrogen-bond acceptors (Lipinski definition) is 5. The Kier molecular flexibility index (Phi) is 7.20. The standard InChI is InChI=1S/C22H25N5O2.C6H5Cl/c1-13(28)19-8-16(14-2-3-14)11-27-12-18(25-21(19)27)10-24-17-6-7-23-20(9-17)26-22(29)15-4-5-15;7-6-4-2-1-3-5-6/h6-9,11-15,28H,2-5,10H2,1H3,(H2,23,24,26,29);1-5H. The van der Waals surface area contributed by atoms with E-state index in [4.69, 9.17) is 16.6 Å². The molecule has 3 N–H and O–H groups in total. The maximum absolute atomic E-state index is 11.9. The van der Waals surface area contributed by atoms with Crippen molar-refractivity contribution in [2.45, 2.75) is 51.2 Å². The first kappa shape index (κ1) is 24.3. The molecule has 1 amide bonds. The first-order valence-corrected chi connectivity index (χ1v) is 12.7. The number of benzene rings is 1. The largest absolute Gasteiger partial charge is 0.389 e. The van der Waals surface area contributed by atoms with Gasteiger partial charge >= 0.3 is 0 Å². The Morgan fingerprint density at radius 2 is 1.92 bits per heavy atom. The Labute approximate surface area is 215 Å². The van der Waals surface area contributed by atoms with E-state index in [1.807, 2.05) is 53.1 Å². The summed E-state index contributed by atoms with van der Waals surface area (Å²) in [5.41, 5.74) is 4.70. The molecule has 2 fully saturated rings. The van der Waals surface area contributed by atoms with Crippen LogP contribution in [0.5, 0.6) is 0 Å². The summed E-state index contributed by atoms with van der Waals surface area (Å²) in [6.45, 7) is 2.33. The maximum atomic E-state index is 11.9. The highest BCUT2D eigenvalue weighted by atomic mass is 35.5. The second-order valence-corrected chi connectivity index (χ2v) is 9.92. The summed E-state index contributed by atoms with van der Waals surface area (Å²) >= 11 is 5.54. The monoisotopic (exact) mass is 503 g/mol. The fourth-order valence-corrected chi connectivity index (χ4v) is 4.17. The molecule has 2 aliphatic carbocycles. The molecule has 8 heteroatoms. The molecule has 3 aromatic heterocycles. The van der Waals surface area contributed by atoms with E-state index >= 15 is 0 Å². The maximum Gasteiger partial charge on any atom is 0.228 e. The summed E-state index contributed by atoms with van der Waals surface area (Å²) in [5.74, 6) is 1.37. The average Bonchev–Trinajstić information content (AvgIpc) is 3.79. The fraction of sp³-hybridized carbons (Fsp3) is 0.321. The molecule has 1 atom stereocenters. The van der Waals surface area contributed by atoms with Crippen molar-refractivity contribution in [1.82, 2.24) is 14.4 Å². The molecule has 2 saturated carbocycles. The van der Waals surface area contributed by atoms with Gasteiger partial charge in [-0.25, -0.2) is 9.97 Å². The first-order chi connectivity index (χ1) is 17.5. The Morgan fingerprint density at radius 1 is 1.14 bits per heavy atom. The van der Waals surface area contributed by atoms with Crippen LogP contribution in [0.25, 0.3) is 5.65 Å². The molecule has 7 nitrogen and oxygen atoms in total. The van der Waals surface area contributed by atoms with Crippen molar-refractivity contribution in [1.29, 1.82) is 0 Å². The fourth-order valence-electron chi connectivity index (χ4n) is 4.02. The quantitative estimate of drug-likeness (QED) is 0.289.